The smallest absolute Gasteiger partial charge is 0.123 e. The molecule has 0 aliphatic heterocycles. The number of benzene rings is 1. The van der Waals surface area contributed by atoms with Crippen molar-refractivity contribution in [2.75, 3.05) is 7.05 Å². The van der Waals surface area contributed by atoms with E-state index in [2.05, 4.69) is 12.2 Å². The molecule has 82 valence electrons. The predicted octanol–water partition coefficient (Wildman–Crippen LogP) is 2.93. The molecule has 0 heterocycles. The molecule has 1 aromatic carbocycles. The summed E-state index contributed by atoms with van der Waals surface area (Å²) in [4.78, 5) is 0. The summed E-state index contributed by atoms with van der Waals surface area (Å²) >= 11 is 0. The highest BCUT2D eigenvalue weighted by molar-refractivity contribution is 5.22. The Hall–Kier alpha value is -0.890. The van der Waals surface area contributed by atoms with Crippen molar-refractivity contribution in [1.82, 2.24) is 5.32 Å². The van der Waals surface area contributed by atoms with E-state index in [9.17, 15) is 4.39 Å². The monoisotopic (exact) mass is 207 g/mol. The van der Waals surface area contributed by atoms with Crippen molar-refractivity contribution in [1.29, 1.82) is 0 Å². The maximum atomic E-state index is 12.8. The van der Waals surface area contributed by atoms with Crippen molar-refractivity contribution >= 4 is 0 Å². The first-order valence-electron chi connectivity index (χ1n) is 5.63. The Bertz CT molecular complexity index is 320. The second kappa shape index (κ2) is 4.31. The van der Waals surface area contributed by atoms with Gasteiger partial charge >= 0.3 is 0 Å². The molecular weight excluding hydrogens is 189 g/mol. The number of halogens is 1. The van der Waals surface area contributed by atoms with Crippen LogP contribution >= 0.6 is 0 Å². The number of hydrogen-bond donors (Lipinski definition) is 1. The van der Waals surface area contributed by atoms with Gasteiger partial charge in [0.1, 0.15) is 5.82 Å². The van der Waals surface area contributed by atoms with Crippen LogP contribution < -0.4 is 5.32 Å². The Morgan fingerprint density at radius 1 is 1.20 bits per heavy atom. The highest BCUT2D eigenvalue weighted by Crippen LogP contribution is 2.39. The van der Waals surface area contributed by atoms with Crippen LogP contribution in [0.2, 0.25) is 0 Å². The summed E-state index contributed by atoms with van der Waals surface area (Å²) in [5.74, 6) is 1.13. The summed E-state index contributed by atoms with van der Waals surface area (Å²) in [6.45, 7) is 2.28. The summed E-state index contributed by atoms with van der Waals surface area (Å²) in [7, 11) is 2.02. The summed E-state index contributed by atoms with van der Waals surface area (Å²) in [6, 6.07) is 7.60. The van der Waals surface area contributed by atoms with Crippen LogP contribution in [-0.2, 0) is 0 Å². The van der Waals surface area contributed by atoms with Gasteiger partial charge < -0.3 is 5.32 Å². The second-order valence-electron chi connectivity index (χ2n) is 4.59. The molecular formula is C13H18FN. The van der Waals surface area contributed by atoms with E-state index in [0.29, 0.717) is 17.9 Å². The third kappa shape index (κ3) is 2.20. The molecule has 1 nitrogen and oxygen atoms in total. The van der Waals surface area contributed by atoms with Gasteiger partial charge in [0, 0.05) is 6.04 Å². The fraction of sp³-hybridized carbons (Fsp3) is 0.538. The van der Waals surface area contributed by atoms with Gasteiger partial charge in [-0.15, -0.1) is 0 Å². The predicted molar refractivity (Wildman–Crippen MR) is 60.4 cm³/mol. The third-order valence-electron chi connectivity index (χ3n) is 3.59. The minimum Gasteiger partial charge on any atom is -0.317 e. The Balaban J connectivity index is 2.14. The lowest BCUT2D eigenvalue weighted by Gasteiger charge is -2.15. The lowest BCUT2D eigenvalue weighted by atomic mass is 9.90. The Morgan fingerprint density at radius 3 is 2.40 bits per heavy atom. The molecule has 0 bridgehead atoms. The molecule has 0 radical (unpaired) electrons. The summed E-state index contributed by atoms with van der Waals surface area (Å²) in [6.07, 6.45) is 2.39. The summed E-state index contributed by atoms with van der Waals surface area (Å²) in [5, 5.41) is 3.33. The van der Waals surface area contributed by atoms with Crippen molar-refractivity contribution in [2.45, 2.75) is 31.7 Å². The van der Waals surface area contributed by atoms with Crippen molar-refractivity contribution < 1.29 is 4.39 Å². The van der Waals surface area contributed by atoms with Crippen LogP contribution in [0.15, 0.2) is 24.3 Å². The fourth-order valence-corrected chi connectivity index (χ4v) is 2.66. The van der Waals surface area contributed by atoms with E-state index in [-0.39, 0.29) is 5.82 Å². The van der Waals surface area contributed by atoms with E-state index in [1.165, 1.54) is 18.4 Å². The summed E-state index contributed by atoms with van der Waals surface area (Å²) < 4.78 is 12.8. The van der Waals surface area contributed by atoms with Crippen LogP contribution in [-0.4, -0.2) is 13.1 Å². The van der Waals surface area contributed by atoms with E-state index < -0.39 is 0 Å². The zero-order chi connectivity index (χ0) is 10.8. The maximum absolute atomic E-state index is 12.8. The zero-order valence-electron chi connectivity index (χ0n) is 9.33. The van der Waals surface area contributed by atoms with Crippen molar-refractivity contribution in [2.24, 2.45) is 5.92 Å². The van der Waals surface area contributed by atoms with Gasteiger partial charge in [-0.1, -0.05) is 19.1 Å². The first-order valence-corrected chi connectivity index (χ1v) is 5.63. The van der Waals surface area contributed by atoms with Crippen molar-refractivity contribution in [3.8, 4) is 0 Å². The minimum absolute atomic E-state index is 0.144. The van der Waals surface area contributed by atoms with Crippen LogP contribution in [0.25, 0.3) is 0 Å². The van der Waals surface area contributed by atoms with E-state index >= 15 is 0 Å². The fourth-order valence-electron chi connectivity index (χ4n) is 2.66. The molecule has 0 spiro atoms. The molecule has 2 rings (SSSR count). The largest absolute Gasteiger partial charge is 0.317 e. The normalized spacial score (nSPS) is 30.7. The molecule has 1 fully saturated rings. The standard InChI is InChI=1S/C13H18FN/c1-9-7-12(15-2)8-13(9)10-3-5-11(14)6-4-10/h3-6,9,12-13,15H,7-8H2,1-2H3/t9-,12?,13-/m1/s1. The molecule has 0 saturated heterocycles. The molecule has 1 unspecified atom stereocenters. The topological polar surface area (TPSA) is 12.0 Å². The zero-order valence-corrected chi connectivity index (χ0v) is 9.33. The molecule has 15 heavy (non-hydrogen) atoms. The van der Waals surface area contributed by atoms with Gasteiger partial charge in [-0.05, 0) is 49.4 Å². The molecule has 3 atom stereocenters. The first kappa shape index (κ1) is 10.6. The molecule has 1 saturated carbocycles. The third-order valence-corrected chi connectivity index (χ3v) is 3.59. The second-order valence-corrected chi connectivity index (χ2v) is 4.59. The SMILES string of the molecule is CNC1C[C@@H](C)[C@H](c2ccc(F)cc2)C1. The molecule has 0 aromatic heterocycles. The van der Waals surface area contributed by atoms with Gasteiger partial charge in [-0.2, -0.15) is 0 Å². The van der Waals surface area contributed by atoms with Gasteiger partial charge in [0.25, 0.3) is 0 Å². The minimum atomic E-state index is -0.144. The number of nitrogens with one attached hydrogen (secondary N) is 1. The van der Waals surface area contributed by atoms with Crippen LogP contribution in [0.4, 0.5) is 4.39 Å². The van der Waals surface area contributed by atoms with Crippen LogP contribution in [0.5, 0.6) is 0 Å². The van der Waals surface area contributed by atoms with E-state index in [1.54, 1.807) is 12.1 Å². The maximum Gasteiger partial charge on any atom is 0.123 e. The van der Waals surface area contributed by atoms with E-state index in [4.69, 9.17) is 0 Å². The molecule has 1 aliphatic carbocycles. The Labute approximate surface area is 90.7 Å². The molecule has 0 amide bonds. The quantitative estimate of drug-likeness (QED) is 0.786. The highest BCUT2D eigenvalue weighted by atomic mass is 19.1. The average Bonchev–Trinajstić information content (AvgIpc) is 2.61. The van der Waals surface area contributed by atoms with Crippen LogP contribution in [0.3, 0.4) is 0 Å². The van der Waals surface area contributed by atoms with Gasteiger partial charge in [-0.25, -0.2) is 4.39 Å². The number of hydrogen-bond acceptors (Lipinski definition) is 1. The Kier molecular flexibility index (Phi) is 3.06. The van der Waals surface area contributed by atoms with Crippen molar-refractivity contribution in [3.63, 3.8) is 0 Å². The lowest BCUT2D eigenvalue weighted by Crippen LogP contribution is -2.21. The highest BCUT2D eigenvalue weighted by Gasteiger charge is 2.31. The van der Waals surface area contributed by atoms with Crippen LogP contribution in [0.1, 0.15) is 31.2 Å². The van der Waals surface area contributed by atoms with E-state index in [0.717, 1.165) is 0 Å². The first-order chi connectivity index (χ1) is 7.20. The molecule has 1 N–H and O–H groups in total. The average molecular weight is 207 g/mol. The van der Waals surface area contributed by atoms with Crippen molar-refractivity contribution in [3.05, 3.63) is 35.6 Å². The molecule has 1 aliphatic rings. The van der Waals surface area contributed by atoms with Gasteiger partial charge in [0.15, 0.2) is 0 Å². The molecule has 2 heteroatoms. The van der Waals surface area contributed by atoms with Gasteiger partial charge in [-0.3, -0.25) is 0 Å². The molecule has 1 aromatic rings. The summed E-state index contributed by atoms with van der Waals surface area (Å²) in [5.41, 5.74) is 1.28. The number of rotatable bonds is 2. The van der Waals surface area contributed by atoms with Gasteiger partial charge in [0.2, 0.25) is 0 Å². The Morgan fingerprint density at radius 2 is 1.87 bits per heavy atom. The van der Waals surface area contributed by atoms with Crippen LogP contribution in [0, 0.1) is 11.7 Å². The van der Waals surface area contributed by atoms with E-state index in [1.807, 2.05) is 19.2 Å². The lowest BCUT2D eigenvalue weighted by molar-refractivity contribution is 0.523. The van der Waals surface area contributed by atoms with Gasteiger partial charge in [0.05, 0.1) is 0 Å².